The third-order valence-electron chi connectivity index (χ3n) is 9.73. The SMILES string of the molecule is CC(C)[C@@H]1NC(=O)CCc2ccc3c(c2)C24c5cccc(c5NC2O3)-c2cccc3[nH]cc(c23)-c2cnc(o2)-c2nc1oc24. The second kappa shape index (κ2) is 8.19. The molecule has 10 bridgehead atoms. The number of H-pyrrole nitrogens is 1. The molecule has 4 aliphatic rings. The number of carbonyl (C=O) groups is 1. The predicted molar refractivity (Wildman–Crippen MR) is 163 cm³/mol. The van der Waals surface area contributed by atoms with Gasteiger partial charge < -0.3 is 29.2 Å². The standard InChI is InChI=1S/C35H27N5O4/c1-16(2)28-33-39-30-31(44-33)35-21-7-3-6-19(18-5-4-8-23-27(18)20(14-36-23)25-15-37-32(30)42-25)29(21)40-34(35)43-24-11-9-17(13-22(24)35)10-12-26(41)38-28/h3-9,11,13-16,28,34,36,40H,10,12H2,1-2H3,(H,38,41)/t28-,34?,35?/m0/s1. The van der Waals surface area contributed by atoms with E-state index in [2.05, 4.69) is 71.9 Å². The van der Waals surface area contributed by atoms with Crippen LogP contribution in [0.25, 0.3) is 44.9 Å². The molecule has 0 saturated carbocycles. The molecule has 1 spiro atoms. The molecule has 3 N–H and O–H groups in total. The summed E-state index contributed by atoms with van der Waals surface area (Å²) in [5.41, 5.74) is 7.68. The van der Waals surface area contributed by atoms with Crippen LogP contribution in [0.4, 0.5) is 5.69 Å². The number of nitrogens with one attached hydrogen (secondary N) is 3. The van der Waals surface area contributed by atoms with E-state index >= 15 is 0 Å². The Hall–Kier alpha value is -5.31. The summed E-state index contributed by atoms with van der Waals surface area (Å²) in [5.74, 6) is 2.72. The zero-order chi connectivity index (χ0) is 29.3. The van der Waals surface area contributed by atoms with Crippen LogP contribution in [0.5, 0.6) is 5.75 Å². The van der Waals surface area contributed by atoms with Crippen molar-refractivity contribution in [2.75, 3.05) is 5.32 Å². The summed E-state index contributed by atoms with van der Waals surface area (Å²) in [4.78, 5) is 26.5. The smallest absolute Gasteiger partial charge is 0.249 e. The summed E-state index contributed by atoms with van der Waals surface area (Å²) in [7, 11) is 0. The van der Waals surface area contributed by atoms with Crippen LogP contribution in [0.1, 0.15) is 54.7 Å². The number of amides is 1. The summed E-state index contributed by atoms with van der Waals surface area (Å²) in [5, 5.41) is 8.04. The molecule has 2 unspecified atom stereocenters. The third-order valence-corrected chi connectivity index (χ3v) is 9.73. The Morgan fingerprint density at radius 1 is 0.955 bits per heavy atom. The van der Waals surface area contributed by atoms with Crippen LogP contribution in [0.15, 0.2) is 75.8 Å². The number of aromatic nitrogens is 3. The molecule has 7 heterocycles. The molecular formula is C35H27N5O4. The van der Waals surface area contributed by atoms with Gasteiger partial charge in [-0.3, -0.25) is 4.79 Å². The summed E-state index contributed by atoms with van der Waals surface area (Å²) in [6.07, 6.45) is 4.16. The molecule has 0 fully saturated rings. The average molecular weight is 582 g/mol. The average Bonchev–Trinajstić information content (AvgIpc) is 3.83. The maximum absolute atomic E-state index is 13.2. The lowest BCUT2D eigenvalue weighted by molar-refractivity contribution is -0.122. The number of oxazole rings is 2. The highest BCUT2D eigenvalue weighted by Gasteiger charge is 2.61. The minimum atomic E-state index is -0.898. The highest BCUT2D eigenvalue weighted by molar-refractivity contribution is 6.07. The molecule has 3 aromatic heterocycles. The molecule has 10 rings (SSSR count). The van der Waals surface area contributed by atoms with Gasteiger partial charge in [0.15, 0.2) is 23.4 Å². The number of benzene rings is 3. The number of nitrogens with zero attached hydrogens (tertiary/aromatic N) is 2. The molecular weight excluding hydrogens is 554 g/mol. The zero-order valence-electron chi connectivity index (χ0n) is 24.0. The molecule has 0 radical (unpaired) electrons. The molecule has 0 aliphatic carbocycles. The van der Waals surface area contributed by atoms with Gasteiger partial charge in [0, 0.05) is 51.5 Å². The molecule has 44 heavy (non-hydrogen) atoms. The summed E-state index contributed by atoms with van der Waals surface area (Å²) < 4.78 is 20.3. The Kier molecular flexibility index (Phi) is 4.50. The maximum atomic E-state index is 13.2. The van der Waals surface area contributed by atoms with Crippen molar-refractivity contribution < 1.29 is 18.4 Å². The molecule has 3 aromatic carbocycles. The molecule has 3 atom stereocenters. The van der Waals surface area contributed by atoms with Crippen molar-refractivity contribution in [1.82, 2.24) is 20.3 Å². The second-order valence-corrected chi connectivity index (χ2v) is 12.5. The number of para-hydroxylation sites is 1. The van der Waals surface area contributed by atoms with E-state index in [9.17, 15) is 4.79 Å². The van der Waals surface area contributed by atoms with E-state index in [1.807, 2.05) is 18.3 Å². The molecule has 4 aliphatic heterocycles. The molecule has 9 heteroatoms. The molecule has 1 amide bonds. The number of carbonyl (C=O) groups excluding carboxylic acids is 1. The number of fused-ring (bicyclic) bond motifs is 7. The van der Waals surface area contributed by atoms with Gasteiger partial charge in [0.25, 0.3) is 0 Å². The topological polar surface area (TPSA) is 118 Å². The molecule has 216 valence electrons. The van der Waals surface area contributed by atoms with Gasteiger partial charge >= 0.3 is 0 Å². The van der Waals surface area contributed by atoms with Crippen LogP contribution in [0, 0.1) is 5.92 Å². The third kappa shape index (κ3) is 2.91. The highest BCUT2D eigenvalue weighted by Crippen LogP contribution is 2.61. The Morgan fingerprint density at radius 2 is 1.84 bits per heavy atom. The fourth-order valence-electron chi connectivity index (χ4n) is 7.69. The number of hydrogen-bond donors (Lipinski definition) is 3. The van der Waals surface area contributed by atoms with Gasteiger partial charge in [-0.25, -0.2) is 9.97 Å². The van der Waals surface area contributed by atoms with Gasteiger partial charge in [0.1, 0.15) is 17.2 Å². The monoisotopic (exact) mass is 581 g/mol. The zero-order valence-corrected chi connectivity index (χ0v) is 24.0. The first-order valence-electron chi connectivity index (χ1n) is 15.1. The van der Waals surface area contributed by atoms with Gasteiger partial charge in [-0.05, 0) is 35.6 Å². The Balaban J connectivity index is 1.39. The van der Waals surface area contributed by atoms with Crippen molar-refractivity contribution in [3.8, 4) is 39.8 Å². The van der Waals surface area contributed by atoms with Crippen molar-refractivity contribution in [3.05, 3.63) is 95.3 Å². The highest BCUT2D eigenvalue weighted by atomic mass is 16.5. The quantitative estimate of drug-likeness (QED) is 0.198. The number of rotatable bonds is 1. The number of hydrogen-bond acceptors (Lipinski definition) is 7. The van der Waals surface area contributed by atoms with Gasteiger partial charge in [0.2, 0.25) is 17.7 Å². The van der Waals surface area contributed by atoms with Gasteiger partial charge in [-0.1, -0.05) is 56.3 Å². The molecule has 6 aromatic rings. The van der Waals surface area contributed by atoms with E-state index in [4.69, 9.17) is 23.5 Å². The van der Waals surface area contributed by atoms with Crippen LogP contribution in [0.3, 0.4) is 0 Å². The normalized spacial score (nSPS) is 22.1. The second-order valence-electron chi connectivity index (χ2n) is 12.5. The van der Waals surface area contributed by atoms with Crippen LogP contribution >= 0.6 is 0 Å². The first kappa shape index (κ1) is 24.2. The van der Waals surface area contributed by atoms with Gasteiger partial charge in [-0.2, -0.15) is 0 Å². The van der Waals surface area contributed by atoms with Crippen molar-refractivity contribution >= 4 is 22.5 Å². The lowest BCUT2D eigenvalue weighted by Crippen LogP contribution is -2.40. The minimum absolute atomic E-state index is 0.0215. The van der Waals surface area contributed by atoms with Crippen LogP contribution in [-0.2, 0) is 16.6 Å². The van der Waals surface area contributed by atoms with E-state index in [1.165, 1.54) is 0 Å². The maximum Gasteiger partial charge on any atom is 0.249 e. The number of ether oxygens (including phenoxy) is 1. The van der Waals surface area contributed by atoms with Crippen molar-refractivity contribution in [2.45, 2.75) is 44.4 Å². The largest absolute Gasteiger partial charge is 0.469 e. The van der Waals surface area contributed by atoms with Crippen LogP contribution < -0.4 is 15.4 Å². The van der Waals surface area contributed by atoms with Gasteiger partial charge in [-0.15, -0.1) is 0 Å². The minimum Gasteiger partial charge on any atom is -0.469 e. The Bertz CT molecular complexity index is 2210. The summed E-state index contributed by atoms with van der Waals surface area (Å²) in [6, 6.07) is 18.5. The van der Waals surface area contributed by atoms with E-state index in [0.29, 0.717) is 41.8 Å². The molecule has 9 nitrogen and oxygen atoms in total. The van der Waals surface area contributed by atoms with Gasteiger partial charge in [0.05, 0.1) is 6.20 Å². The first-order valence-corrected chi connectivity index (χ1v) is 15.1. The lowest BCUT2D eigenvalue weighted by atomic mass is 9.72. The van der Waals surface area contributed by atoms with Crippen LogP contribution in [-0.4, -0.2) is 27.1 Å². The van der Waals surface area contributed by atoms with E-state index < -0.39 is 17.7 Å². The van der Waals surface area contributed by atoms with E-state index in [0.717, 1.165) is 55.7 Å². The first-order chi connectivity index (χ1) is 21.5. The number of aryl methyl sites for hydroxylation is 1. The van der Waals surface area contributed by atoms with Crippen molar-refractivity contribution in [3.63, 3.8) is 0 Å². The van der Waals surface area contributed by atoms with Crippen LogP contribution in [0.2, 0.25) is 0 Å². The number of aromatic amines is 1. The molecule has 0 saturated heterocycles. The predicted octanol–water partition coefficient (Wildman–Crippen LogP) is 6.70. The number of anilines is 1. The Labute approximate surface area is 251 Å². The van der Waals surface area contributed by atoms with Crippen molar-refractivity contribution in [2.24, 2.45) is 5.92 Å². The van der Waals surface area contributed by atoms with E-state index in [-0.39, 0.29) is 11.8 Å². The summed E-state index contributed by atoms with van der Waals surface area (Å²) >= 11 is 0. The lowest BCUT2D eigenvalue weighted by Gasteiger charge is -2.28. The van der Waals surface area contributed by atoms with E-state index in [1.54, 1.807) is 6.20 Å². The fourth-order valence-corrected chi connectivity index (χ4v) is 7.69. The summed E-state index contributed by atoms with van der Waals surface area (Å²) in [6.45, 7) is 4.11. The van der Waals surface area contributed by atoms with Crippen molar-refractivity contribution in [1.29, 1.82) is 0 Å². The Morgan fingerprint density at radius 3 is 2.75 bits per heavy atom. The fraction of sp³-hybridized carbons (Fsp3) is 0.229.